The molecule has 6 heteroatoms. The Kier molecular flexibility index (Phi) is 5.54. The Morgan fingerprint density at radius 3 is 2.35 bits per heavy atom. The first kappa shape index (κ1) is 16.8. The molecule has 23 heavy (non-hydrogen) atoms. The normalized spacial score (nSPS) is 9.87. The predicted molar refractivity (Wildman–Crippen MR) is 94.4 cm³/mol. The van der Waals surface area contributed by atoms with Crippen LogP contribution in [0.25, 0.3) is 0 Å². The van der Waals surface area contributed by atoms with Crippen LogP contribution in [0.15, 0.2) is 42.5 Å². The highest BCUT2D eigenvalue weighted by Crippen LogP contribution is 2.22. The zero-order valence-corrected chi connectivity index (χ0v) is 14.0. The molecule has 0 heterocycles. The largest absolute Gasteiger partial charge is 0.497 e. The zero-order valence-electron chi connectivity index (χ0n) is 13.2. The average Bonchev–Trinajstić information content (AvgIpc) is 2.55. The number of para-hydroxylation sites is 1. The molecule has 0 aliphatic carbocycles. The number of thiocarbonyl (C=S) groups is 1. The predicted octanol–water partition coefficient (Wildman–Crippen LogP) is 3.14. The van der Waals surface area contributed by atoms with E-state index in [1.165, 1.54) is 7.11 Å². The highest BCUT2D eigenvalue weighted by atomic mass is 32.1. The van der Waals surface area contributed by atoms with E-state index in [1.54, 1.807) is 31.4 Å². The van der Waals surface area contributed by atoms with Crippen molar-refractivity contribution in [3.05, 3.63) is 53.6 Å². The van der Waals surface area contributed by atoms with Gasteiger partial charge in [0.1, 0.15) is 11.5 Å². The third-order valence-corrected chi connectivity index (χ3v) is 3.44. The first-order valence-corrected chi connectivity index (χ1v) is 7.36. The maximum Gasteiger partial charge on any atom is 0.261 e. The van der Waals surface area contributed by atoms with Gasteiger partial charge in [0.15, 0.2) is 5.11 Å². The van der Waals surface area contributed by atoms with Crippen LogP contribution in [-0.2, 0) is 0 Å². The molecule has 0 saturated carbocycles. The van der Waals surface area contributed by atoms with Gasteiger partial charge < -0.3 is 14.8 Å². The van der Waals surface area contributed by atoms with Crippen LogP contribution in [0.4, 0.5) is 5.69 Å². The van der Waals surface area contributed by atoms with E-state index in [-0.39, 0.29) is 11.0 Å². The molecule has 0 bridgehead atoms. The van der Waals surface area contributed by atoms with Crippen LogP contribution < -0.4 is 20.1 Å². The van der Waals surface area contributed by atoms with E-state index < -0.39 is 0 Å². The van der Waals surface area contributed by atoms with Crippen LogP contribution >= 0.6 is 12.2 Å². The van der Waals surface area contributed by atoms with Gasteiger partial charge in [-0.2, -0.15) is 0 Å². The SMILES string of the molecule is COc1ccc(NC(=S)NC(=O)c2cccc(C)c2OC)cc1. The van der Waals surface area contributed by atoms with E-state index in [2.05, 4.69) is 10.6 Å². The Hall–Kier alpha value is -2.60. The number of carbonyl (C=O) groups is 1. The van der Waals surface area contributed by atoms with Crippen LogP contribution in [0, 0.1) is 6.92 Å². The Morgan fingerprint density at radius 2 is 1.74 bits per heavy atom. The number of benzene rings is 2. The number of hydrogen-bond acceptors (Lipinski definition) is 4. The summed E-state index contributed by atoms with van der Waals surface area (Å²) in [7, 11) is 3.13. The number of amides is 1. The Balaban J connectivity index is 2.05. The quantitative estimate of drug-likeness (QED) is 0.844. The highest BCUT2D eigenvalue weighted by Gasteiger charge is 2.15. The first-order chi connectivity index (χ1) is 11.0. The molecule has 2 rings (SSSR count). The third kappa shape index (κ3) is 4.20. The van der Waals surface area contributed by atoms with E-state index in [0.29, 0.717) is 11.3 Å². The lowest BCUT2D eigenvalue weighted by atomic mass is 10.1. The summed E-state index contributed by atoms with van der Waals surface area (Å²) in [5.41, 5.74) is 2.08. The number of hydrogen-bond donors (Lipinski definition) is 2. The fraction of sp³-hybridized carbons (Fsp3) is 0.176. The van der Waals surface area contributed by atoms with E-state index in [1.807, 2.05) is 25.1 Å². The third-order valence-electron chi connectivity index (χ3n) is 3.24. The van der Waals surface area contributed by atoms with Crippen LogP contribution in [0.5, 0.6) is 11.5 Å². The molecule has 0 saturated heterocycles. The molecule has 0 aliphatic heterocycles. The average molecular weight is 330 g/mol. The standard InChI is InChI=1S/C17H18N2O3S/c1-11-5-4-6-14(15(11)22-3)16(20)19-17(23)18-12-7-9-13(21-2)10-8-12/h4-10H,1-3H3,(H2,18,19,20,23). The summed E-state index contributed by atoms with van der Waals surface area (Å²) in [6, 6.07) is 12.6. The van der Waals surface area contributed by atoms with E-state index in [9.17, 15) is 4.79 Å². The maximum atomic E-state index is 12.3. The number of nitrogens with one attached hydrogen (secondary N) is 2. The minimum absolute atomic E-state index is 0.212. The number of ether oxygens (including phenoxy) is 2. The lowest BCUT2D eigenvalue weighted by Gasteiger charge is -2.13. The summed E-state index contributed by atoms with van der Waals surface area (Å²) < 4.78 is 10.4. The van der Waals surface area contributed by atoms with Crippen molar-refractivity contribution >= 4 is 28.9 Å². The molecule has 0 aliphatic rings. The maximum absolute atomic E-state index is 12.3. The Morgan fingerprint density at radius 1 is 1.04 bits per heavy atom. The smallest absolute Gasteiger partial charge is 0.261 e. The molecule has 0 atom stereocenters. The van der Waals surface area contributed by atoms with Crippen LogP contribution in [0.2, 0.25) is 0 Å². The summed E-state index contributed by atoms with van der Waals surface area (Å²) in [5, 5.41) is 5.81. The van der Waals surface area contributed by atoms with Gasteiger partial charge in [-0.05, 0) is 55.0 Å². The molecule has 2 aromatic rings. The van der Waals surface area contributed by atoms with Crippen LogP contribution in [0.3, 0.4) is 0 Å². The van der Waals surface area contributed by atoms with Gasteiger partial charge in [-0.15, -0.1) is 0 Å². The lowest BCUT2D eigenvalue weighted by molar-refractivity contribution is 0.0974. The van der Waals surface area contributed by atoms with Crippen molar-refractivity contribution in [2.75, 3.05) is 19.5 Å². The number of rotatable bonds is 4. The van der Waals surface area contributed by atoms with E-state index in [0.717, 1.165) is 17.0 Å². The number of anilines is 1. The van der Waals surface area contributed by atoms with Crippen molar-refractivity contribution in [2.24, 2.45) is 0 Å². The Bertz CT molecular complexity index is 714. The first-order valence-electron chi connectivity index (χ1n) is 6.95. The second-order valence-electron chi connectivity index (χ2n) is 4.79. The minimum Gasteiger partial charge on any atom is -0.497 e. The molecule has 5 nitrogen and oxygen atoms in total. The molecule has 120 valence electrons. The van der Waals surface area contributed by atoms with Gasteiger partial charge in [0, 0.05) is 5.69 Å². The van der Waals surface area contributed by atoms with Crippen molar-refractivity contribution in [2.45, 2.75) is 6.92 Å². The Labute approximate surface area is 140 Å². The van der Waals surface area contributed by atoms with Gasteiger partial charge in [-0.3, -0.25) is 10.1 Å². The molecule has 2 aromatic carbocycles. The highest BCUT2D eigenvalue weighted by molar-refractivity contribution is 7.80. The lowest BCUT2D eigenvalue weighted by Crippen LogP contribution is -2.34. The minimum atomic E-state index is -0.323. The number of carbonyl (C=O) groups excluding carboxylic acids is 1. The van der Waals surface area contributed by atoms with Crippen molar-refractivity contribution in [1.29, 1.82) is 0 Å². The summed E-state index contributed by atoms with van der Waals surface area (Å²) >= 11 is 5.17. The van der Waals surface area contributed by atoms with Crippen molar-refractivity contribution in [3.8, 4) is 11.5 Å². The second-order valence-corrected chi connectivity index (χ2v) is 5.20. The van der Waals surface area contributed by atoms with Crippen LogP contribution in [0.1, 0.15) is 15.9 Å². The van der Waals surface area contributed by atoms with Crippen molar-refractivity contribution < 1.29 is 14.3 Å². The zero-order chi connectivity index (χ0) is 16.8. The molecule has 0 spiro atoms. The van der Waals surface area contributed by atoms with Gasteiger partial charge >= 0.3 is 0 Å². The number of methoxy groups -OCH3 is 2. The molecular formula is C17H18N2O3S. The molecule has 0 unspecified atom stereocenters. The second kappa shape index (κ2) is 7.60. The van der Waals surface area contributed by atoms with Gasteiger partial charge in [0.25, 0.3) is 5.91 Å². The molecule has 1 amide bonds. The van der Waals surface area contributed by atoms with Crippen molar-refractivity contribution in [3.63, 3.8) is 0 Å². The molecule has 0 radical (unpaired) electrons. The fourth-order valence-electron chi connectivity index (χ4n) is 2.11. The van der Waals surface area contributed by atoms with Gasteiger partial charge in [0.2, 0.25) is 0 Å². The summed E-state index contributed by atoms with van der Waals surface area (Å²) in [6.07, 6.45) is 0. The molecule has 0 aromatic heterocycles. The molecular weight excluding hydrogens is 312 g/mol. The van der Waals surface area contributed by atoms with Gasteiger partial charge in [0.05, 0.1) is 19.8 Å². The topological polar surface area (TPSA) is 59.6 Å². The fourth-order valence-corrected chi connectivity index (χ4v) is 2.32. The summed E-state index contributed by atoms with van der Waals surface area (Å²) in [4.78, 5) is 12.3. The molecule has 2 N–H and O–H groups in total. The van der Waals surface area contributed by atoms with Gasteiger partial charge in [-0.1, -0.05) is 12.1 Å². The van der Waals surface area contributed by atoms with E-state index >= 15 is 0 Å². The number of aryl methyl sites for hydroxylation is 1. The van der Waals surface area contributed by atoms with Gasteiger partial charge in [-0.25, -0.2) is 0 Å². The summed E-state index contributed by atoms with van der Waals surface area (Å²) in [5.74, 6) is 0.962. The van der Waals surface area contributed by atoms with Crippen molar-refractivity contribution in [1.82, 2.24) is 5.32 Å². The van der Waals surface area contributed by atoms with Crippen LogP contribution in [-0.4, -0.2) is 25.2 Å². The molecule has 0 fully saturated rings. The summed E-state index contributed by atoms with van der Waals surface area (Å²) in [6.45, 7) is 1.88. The van der Waals surface area contributed by atoms with E-state index in [4.69, 9.17) is 21.7 Å². The monoisotopic (exact) mass is 330 g/mol.